The van der Waals surface area contributed by atoms with Crippen molar-refractivity contribution < 1.29 is 43.2 Å². The number of pyridine rings is 1. The lowest BCUT2D eigenvalue weighted by Crippen LogP contribution is -2.69. The number of alkyl halides is 1. The molecule has 2 aromatic rings. The number of benzene rings is 1. The minimum absolute atomic E-state index is 0.0201. The van der Waals surface area contributed by atoms with Gasteiger partial charge in [-0.1, -0.05) is 18.6 Å². The summed E-state index contributed by atoms with van der Waals surface area (Å²) >= 11 is 0. The summed E-state index contributed by atoms with van der Waals surface area (Å²) in [6.45, 7) is 2.86. The molecule has 0 bridgehead atoms. The standard InChI is InChI=1S/C34H33FN2O8/c1-31-13-11-22(38)17-21(31)5-9-26-25-12-14-33(30(42)43-16-15-36,32(25,2)18-27(39)34(26,31)35)45-29(41)20-3-6-23(7-4-20)44-24-8-10-28(40)37-19-24/h3-4,6-8,10-11,13,17,19,25-27,39H,5,9,12,14,16,18H2,1-2H3,(H,37,40)/t25-,26-,27-,31-,32-,33+,34?/m0/s1. The molecule has 0 saturated heterocycles. The highest BCUT2D eigenvalue weighted by atomic mass is 19.1. The number of ether oxygens (including phenoxy) is 3. The van der Waals surface area contributed by atoms with Crippen molar-refractivity contribution in [1.29, 1.82) is 5.26 Å². The lowest BCUT2D eigenvalue weighted by Gasteiger charge is -2.62. The minimum Gasteiger partial charge on any atom is -0.493 e. The van der Waals surface area contributed by atoms with E-state index in [2.05, 4.69) is 4.98 Å². The number of ketones is 1. The van der Waals surface area contributed by atoms with Gasteiger partial charge in [-0.05, 0) is 87.4 Å². The molecule has 10 nitrogen and oxygen atoms in total. The summed E-state index contributed by atoms with van der Waals surface area (Å²) in [6.07, 6.45) is 5.04. The molecule has 2 N–H and O–H groups in total. The fourth-order valence-electron chi connectivity index (χ4n) is 8.40. The molecule has 234 valence electrons. The van der Waals surface area contributed by atoms with Gasteiger partial charge in [0.25, 0.3) is 0 Å². The van der Waals surface area contributed by atoms with Crippen molar-refractivity contribution in [2.75, 3.05) is 6.61 Å². The van der Waals surface area contributed by atoms with E-state index in [1.807, 2.05) is 0 Å². The number of aliphatic hydroxyl groups is 1. The Morgan fingerprint density at radius 2 is 1.84 bits per heavy atom. The molecule has 3 fully saturated rings. The van der Waals surface area contributed by atoms with E-state index in [4.69, 9.17) is 19.5 Å². The molecule has 1 heterocycles. The Morgan fingerprint density at radius 3 is 2.53 bits per heavy atom. The zero-order chi connectivity index (χ0) is 32.2. The quantitative estimate of drug-likeness (QED) is 0.428. The van der Waals surface area contributed by atoms with Gasteiger partial charge in [-0.3, -0.25) is 4.79 Å². The number of aliphatic hydroxyl groups excluding tert-OH is 1. The number of hydrogen-bond donors (Lipinski definition) is 2. The van der Waals surface area contributed by atoms with Crippen LogP contribution in [-0.4, -0.2) is 56.9 Å². The summed E-state index contributed by atoms with van der Waals surface area (Å²) in [5, 5.41) is 30.2. The number of fused-ring (bicyclic) bond motifs is 5. The van der Waals surface area contributed by atoms with Gasteiger partial charge in [0, 0.05) is 22.8 Å². The van der Waals surface area contributed by atoms with E-state index < -0.39 is 58.6 Å². The number of allylic oxidation sites excluding steroid dienone is 4. The molecule has 0 aliphatic heterocycles. The number of aromatic hydroxyl groups is 1. The van der Waals surface area contributed by atoms with E-state index in [9.17, 15) is 24.6 Å². The molecule has 4 aliphatic rings. The van der Waals surface area contributed by atoms with Crippen molar-refractivity contribution in [2.24, 2.45) is 22.7 Å². The smallest absolute Gasteiger partial charge is 0.352 e. The highest BCUT2D eigenvalue weighted by Gasteiger charge is 2.76. The largest absolute Gasteiger partial charge is 0.493 e. The van der Waals surface area contributed by atoms with Gasteiger partial charge in [-0.2, -0.15) is 5.26 Å². The van der Waals surface area contributed by atoms with Crippen molar-refractivity contribution in [1.82, 2.24) is 4.98 Å². The summed E-state index contributed by atoms with van der Waals surface area (Å²) in [5.74, 6) is -2.56. The maximum atomic E-state index is 17.5. The topological polar surface area (TPSA) is 156 Å². The Bertz CT molecular complexity index is 1650. The Balaban J connectivity index is 1.31. The number of carbonyl (C=O) groups excluding carboxylic acids is 3. The molecule has 1 aromatic carbocycles. The lowest BCUT2D eigenvalue weighted by atomic mass is 9.45. The first-order valence-corrected chi connectivity index (χ1v) is 14.9. The molecule has 4 aliphatic carbocycles. The second-order valence-corrected chi connectivity index (χ2v) is 12.7. The molecule has 0 spiro atoms. The van der Waals surface area contributed by atoms with Crippen LogP contribution in [-0.2, 0) is 19.1 Å². The number of nitrogens with zero attached hydrogens (tertiary/aromatic N) is 2. The van der Waals surface area contributed by atoms with Gasteiger partial charge in [-0.25, -0.2) is 19.0 Å². The SMILES string of the molecule is C[C@]12C=CC(=O)C=C1CC[C@H]1[C@@H]3CC[C@@](OC(=O)c4ccc(Oc5ccc(O)nc5)cc4)(C(=O)OCC#N)[C@@]3(C)C[C@H](O)C12F. The van der Waals surface area contributed by atoms with E-state index in [-0.39, 0.29) is 30.1 Å². The fourth-order valence-corrected chi connectivity index (χ4v) is 8.40. The number of hydrogen-bond acceptors (Lipinski definition) is 10. The third-order valence-electron chi connectivity index (χ3n) is 10.7. The molecule has 3 saturated carbocycles. The Kier molecular flexibility index (Phi) is 7.32. The predicted molar refractivity (Wildman–Crippen MR) is 155 cm³/mol. The maximum absolute atomic E-state index is 17.5. The summed E-state index contributed by atoms with van der Waals surface area (Å²) < 4.78 is 34.6. The van der Waals surface area contributed by atoms with Gasteiger partial charge in [-0.15, -0.1) is 0 Å². The van der Waals surface area contributed by atoms with Crippen LogP contribution < -0.4 is 4.74 Å². The van der Waals surface area contributed by atoms with E-state index >= 15 is 4.39 Å². The highest BCUT2D eigenvalue weighted by Crippen LogP contribution is 2.70. The van der Waals surface area contributed by atoms with Crippen molar-refractivity contribution in [3.8, 4) is 23.4 Å². The number of rotatable bonds is 6. The van der Waals surface area contributed by atoms with Gasteiger partial charge >= 0.3 is 11.9 Å². The summed E-state index contributed by atoms with van der Waals surface area (Å²) in [4.78, 5) is 43.3. The van der Waals surface area contributed by atoms with Gasteiger partial charge in [0.05, 0.1) is 17.9 Å². The average Bonchev–Trinajstić information content (AvgIpc) is 3.30. The predicted octanol–water partition coefficient (Wildman–Crippen LogP) is 4.91. The van der Waals surface area contributed by atoms with E-state index in [0.29, 0.717) is 36.3 Å². The molecule has 1 aromatic heterocycles. The van der Waals surface area contributed by atoms with Crippen LogP contribution in [0, 0.1) is 34.0 Å². The minimum atomic E-state index is -2.13. The summed E-state index contributed by atoms with van der Waals surface area (Å²) in [7, 11) is 0. The first-order chi connectivity index (χ1) is 21.4. The van der Waals surface area contributed by atoms with Crippen LogP contribution in [0.2, 0.25) is 0 Å². The Morgan fingerprint density at radius 1 is 1.11 bits per heavy atom. The van der Waals surface area contributed by atoms with E-state index in [1.165, 1.54) is 54.7 Å². The van der Waals surface area contributed by atoms with Gasteiger partial charge in [0.2, 0.25) is 11.5 Å². The van der Waals surface area contributed by atoms with Gasteiger partial charge in [0.1, 0.15) is 17.6 Å². The molecule has 1 unspecified atom stereocenters. The Hall–Kier alpha value is -4.56. The number of aromatic nitrogens is 1. The van der Waals surface area contributed by atoms with Crippen molar-refractivity contribution in [3.63, 3.8) is 0 Å². The first kappa shape index (κ1) is 30.5. The number of esters is 2. The second kappa shape index (κ2) is 10.8. The highest BCUT2D eigenvalue weighted by molar-refractivity contribution is 6.01. The van der Waals surface area contributed by atoms with E-state index in [0.717, 1.165) is 0 Å². The molecule has 11 heteroatoms. The van der Waals surface area contributed by atoms with Crippen molar-refractivity contribution in [2.45, 2.75) is 63.3 Å². The number of halogens is 1. The molecule has 0 radical (unpaired) electrons. The van der Waals surface area contributed by atoms with Crippen LogP contribution in [0.4, 0.5) is 4.39 Å². The summed E-state index contributed by atoms with van der Waals surface area (Å²) in [6, 6.07) is 10.6. The molecule has 45 heavy (non-hydrogen) atoms. The lowest BCUT2D eigenvalue weighted by molar-refractivity contribution is -0.224. The first-order valence-electron chi connectivity index (χ1n) is 14.9. The van der Waals surface area contributed by atoms with Crippen LogP contribution >= 0.6 is 0 Å². The summed E-state index contributed by atoms with van der Waals surface area (Å²) in [5.41, 5.74) is -5.72. The van der Waals surface area contributed by atoms with Gasteiger partial charge in [0.15, 0.2) is 18.1 Å². The molecule has 7 atom stereocenters. The van der Waals surface area contributed by atoms with E-state index in [1.54, 1.807) is 26.0 Å². The molecular weight excluding hydrogens is 583 g/mol. The van der Waals surface area contributed by atoms with Crippen LogP contribution in [0.25, 0.3) is 0 Å². The van der Waals surface area contributed by atoms with Crippen LogP contribution in [0.15, 0.2) is 66.4 Å². The number of nitriles is 1. The van der Waals surface area contributed by atoms with Crippen LogP contribution in [0.3, 0.4) is 0 Å². The third kappa shape index (κ3) is 4.53. The fraction of sp³-hybridized carbons (Fsp3) is 0.441. The second-order valence-electron chi connectivity index (χ2n) is 12.7. The zero-order valence-corrected chi connectivity index (χ0v) is 24.9. The zero-order valence-electron chi connectivity index (χ0n) is 24.9. The maximum Gasteiger partial charge on any atom is 0.352 e. The molecule has 6 rings (SSSR count). The van der Waals surface area contributed by atoms with Crippen molar-refractivity contribution >= 4 is 17.7 Å². The monoisotopic (exact) mass is 616 g/mol. The Labute approximate surface area is 259 Å². The molecular formula is C34H33FN2O8. The van der Waals surface area contributed by atoms with Crippen LogP contribution in [0.5, 0.6) is 17.4 Å². The van der Waals surface area contributed by atoms with Crippen LogP contribution in [0.1, 0.15) is 56.3 Å². The average molecular weight is 617 g/mol. The molecule has 0 amide bonds. The normalized spacial score (nSPS) is 34.8. The van der Waals surface area contributed by atoms with Crippen molar-refractivity contribution in [3.05, 3.63) is 72.0 Å². The number of carbonyl (C=O) groups is 3. The third-order valence-corrected chi connectivity index (χ3v) is 10.7. The van der Waals surface area contributed by atoms with Gasteiger partial charge < -0.3 is 24.4 Å².